The van der Waals surface area contributed by atoms with Gasteiger partial charge in [0.1, 0.15) is 5.82 Å². The first-order chi connectivity index (χ1) is 15.2. The lowest BCUT2D eigenvalue weighted by Crippen LogP contribution is -2.20. The Bertz CT molecular complexity index is 1290. The molecule has 0 bridgehead atoms. The molecule has 0 unspecified atom stereocenters. The number of carbonyl (C=O) groups excluding carboxylic acids is 1. The largest absolute Gasteiger partial charge is 0.326 e. The summed E-state index contributed by atoms with van der Waals surface area (Å²) in [5.74, 6) is -0.886. The topological polar surface area (TPSA) is 121 Å². The standard InChI is InChI=1S/C21H21FN4O4S2/c1-13-18(20(28)25-21(23-13)31-2)10-11-19(27)24-15-6-8-17(9-7-15)32(29,30)26-16-5-3-4-14(22)12-16/h3-9,12,26H,10-11H2,1-2H3,(H,24,27)(H,23,25,28). The molecule has 0 saturated carbocycles. The number of thioether (sulfide) groups is 1. The molecule has 8 nitrogen and oxygen atoms in total. The fourth-order valence-electron chi connectivity index (χ4n) is 2.92. The number of hydrogen-bond donors (Lipinski definition) is 3. The molecule has 3 aromatic rings. The van der Waals surface area contributed by atoms with E-state index in [1.54, 1.807) is 13.2 Å². The van der Waals surface area contributed by atoms with E-state index in [0.29, 0.717) is 22.1 Å². The SMILES string of the molecule is CSc1nc(C)c(CCC(=O)Nc2ccc(S(=O)(=O)Nc3cccc(F)c3)cc2)c(=O)[nH]1. The normalized spacial score (nSPS) is 11.2. The first-order valence-corrected chi connectivity index (χ1v) is 12.2. The second-order valence-electron chi connectivity index (χ2n) is 6.83. The van der Waals surface area contributed by atoms with Crippen molar-refractivity contribution in [3.63, 3.8) is 0 Å². The summed E-state index contributed by atoms with van der Waals surface area (Å²) in [6.45, 7) is 1.72. The van der Waals surface area contributed by atoms with Crippen molar-refractivity contribution in [3.05, 3.63) is 76.0 Å². The predicted octanol–water partition coefficient (Wildman–Crippen LogP) is 3.31. The molecule has 0 atom stereocenters. The van der Waals surface area contributed by atoms with Gasteiger partial charge in [-0.05, 0) is 62.1 Å². The second-order valence-corrected chi connectivity index (χ2v) is 9.30. The zero-order chi connectivity index (χ0) is 23.3. The maximum absolute atomic E-state index is 13.3. The summed E-state index contributed by atoms with van der Waals surface area (Å²) in [6, 6.07) is 10.7. The molecule has 0 aliphatic heterocycles. The fraction of sp³-hybridized carbons (Fsp3) is 0.190. The molecule has 3 rings (SSSR count). The van der Waals surface area contributed by atoms with E-state index in [4.69, 9.17) is 0 Å². The molecule has 0 aliphatic rings. The van der Waals surface area contributed by atoms with Crippen LogP contribution in [-0.4, -0.2) is 30.5 Å². The van der Waals surface area contributed by atoms with E-state index >= 15 is 0 Å². The van der Waals surface area contributed by atoms with Gasteiger partial charge >= 0.3 is 0 Å². The van der Waals surface area contributed by atoms with E-state index in [-0.39, 0.29) is 34.9 Å². The van der Waals surface area contributed by atoms with Crippen molar-refractivity contribution in [1.82, 2.24) is 9.97 Å². The minimum absolute atomic E-state index is 0.0399. The molecular formula is C21H21FN4O4S2. The van der Waals surface area contributed by atoms with Crippen molar-refractivity contribution in [2.24, 2.45) is 0 Å². The average molecular weight is 477 g/mol. The van der Waals surface area contributed by atoms with Crippen molar-refractivity contribution >= 4 is 39.1 Å². The van der Waals surface area contributed by atoms with Crippen LogP contribution < -0.4 is 15.6 Å². The van der Waals surface area contributed by atoms with E-state index in [0.717, 1.165) is 6.07 Å². The summed E-state index contributed by atoms with van der Waals surface area (Å²) < 4.78 is 40.5. The molecular weight excluding hydrogens is 455 g/mol. The van der Waals surface area contributed by atoms with Crippen LogP contribution in [0.2, 0.25) is 0 Å². The van der Waals surface area contributed by atoms with Crippen LogP contribution in [0.15, 0.2) is 63.4 Å². The molecule has 2 aromatic carbocycles. The Morgan fingerprint density at radius 2 is 1.88 bits per heavy atom. The number of H-pyrrole nitrogens is 1. The van der Waals surface area contributed by atoms with Crippen LogP contribution in [0.1, 0.15) is 17.7 Å². The van der Waals surface area contributed by atoms with Crippen LogP contribution in [0, 0.1) is 12.7 Å². The Morgan fingerprint density at radius 1 is 1.16 bits per heavy atom. The molecule has 0 spiro atoms. The number of aromatic amines is 1. The summed E-state index contributed by atoms with van der Waals surface area (Å²) in [4.78, 5) is 31.3. The van der Waals surface area contributed by atoms with Gasteiger partial charge in [0.2, 0.25) is 5.91 Å². The number of sulfonamides is 1. The number of halogens is 1. The molecule has 0 fully saturated rings. The minimum atomic E-state index is -3.91. The van der Waals surface area contributed by atoms with Gasteiger partial charge in [0.25, 0.3) is 15.6 Å². The van der Waals surface area contributed by atoms with E-state index in [1.165, 1.54) is 54.2 Å². The third-order valence-corrected chi connectivity index (χ3v) is 6.50. The highest BCUT2D eigenvalue weighted by atomic mass is 32.2. The summed E-state index contributed by atoms with van der Waals surface area (Å²) in [5, 5.41) is 3.19. The van der Waals surface area contributed by atoms with Gasteiger partial charge < -0.3 is 10.3 Å². The number of benzene rings is 2. The van der Waals surface area contributed by atoms with Crippen LogP contribution >= 0.6 is 11.8 Å². The lowest BCUT2D eigenvalue weighted by Gasteiger charge is -2.10. The molecule has 1 amide bonds. The second kappa shape index (κ2) is 9.96. The Kier molecular flexibility index (Phi) is 7.31. The smallest absolute Gasteiger partial charge is 0.261 e. The van der Waals surface area contributed by atoms with Gasteiger partial charge in [-0.15, -0.1) is 0 Å². The zero-order valence-corrected chi connectivity index (χ0v) is 18.9. The van der Waals surface area contributed by atoms with E-state index in [2.05, 4.69) is 20.0 Å². The van der Waals surface area contributed by atoms with Gasteiger partial charge in [-0.1, -0.05) is 17.8 Å². The molecule has 3 N–H and O–H groups in total. The Balaban J connectivity index is 1.62. The number of anilines is 2. The number of carbonyl (C=O) groups is 1. The molecule has 168 valence electrons. The Labute approximate surface area is 188 Å². The number of amides is 1. The van der Waals surface area contributed by atoms with Crippen LogP contribution in [0.3, 0.4) is 0 Å². The molecule has 1 aromatic heterocycles. The summed E-state index contributed by atoms with van der Waals surface area (Å²) >= 11 is 1.33. The van der Waals surface area contributed by atoms with E-state index < -0.39 is 15.8 Å². The maximum atomic E-state index is 13.3. The first kappa shape index (κ1) is 23.5. The van der Waals surface area contributed by atoms with Gasteiger partial charge in [-0.2, -0.15) is 0 Å². The highest BCUT2D eigenvalue weighted by molar-refractivity contribution is 7.98. The number of hydrogen-bond acceptors (Lipinski definition) is 6. The minimum Gasteiger partial charge on any atom is -0.326 e. The lowest BCUT2D eigenvalue weighted by molar-refractivity contribution is -0.116. The van der Waals surface area contributed by atoms with Gasteiger partial charge in [-0.3, -0.25) is 14.3 Å². The highest BCUT2D eigenvalue weighted by Gasteiger charge is 2.15. The van der Waals surface area contributed by atoms with Crippen LogP contribution in [-0.2, 0) is 21.2 Å². The third kappa shape index (κ3) is 5.95. The number of nitrogens with zero attached hydrogens (tertiary/aromatic N) is 1. The molecule has 32 heavy (non-hydrogen) atoms. The number of aromatic nitrogens is 2. The van der Waals surface area contributed by atoms with Crippen molar-refractivity contribution in [1.29, 1.82) is 0 Å². The van der Waals surface area contributed by atoms with E-state index in [1.807, 2.05) is 0 Å². The summed E-state index contributed by atoms with van der Waals surface area (Å²) in [5.41, 5.74) is 1.26. The van der Waals surface area contributed by atoms with E-state index in [9.17, 15) is 22.4 Å². The Hall–Kier alpha value is -3.18. The van der Waals surface area contributed by atoms with Crippen molar-refractivity contribution < 1.29 is 17.6 Å². The van der Waals surface area contributed by atoms with Gasteiger partial charge in [0.15, 0.2) is 5.16 Å². The molecule has 11 heteroatoms. The zero-order valence-electron chi connectivity index (χ0n) is 17.3. The van der Waals surface area contributed by atoms with Crippen molar-refractivity contribution in [3.8, 4) is 0 Å². The van der Waals surface area contributed by atoms with Crippen LogP contribution in [0.25, 0.3) is 0 Å². The maximum Gasteiger partial charge on any atom is 0.261 e. The van der Waals surface area contributed by atoms with Crippen molar-refractivity contribution in [2.45, 2.75) is 29.8 Å². The van der Waals surface area contributed by atoms with Gasteiger partial charge in [0.05, 0.1) is 10.6 Å². The molecule has 0 saturated heterocycles. The molecule has 1 heterocycles. The molecule has 0 radical (unpaired) electrons. The predicted molar refractivity (Wildman–Crippen MR) is 122 cm³/mol. The van der Waals surface area contributed by atoms with Crippen LogP contribution in [0.5, 0.6) is 0 Å². The number of aryl methyl sites for hydroxylation is 1. The van der Waals surface area contributed by atoms with Gasteiger partial charge in [0, 0.05) is 23.4 Å². The Morgan fingerprint density at radius 3 is 2.50 bits per heavy atom. The average Bonchev–Trinajstić information content (AvgIpc) is 2.73. The monoisotopic (exact) mass is 476 g/mol. The van der Waals surface area contributed by atoms with Crippen LogP contribution in [0.4, 0.5) is 15.8 Å². The van der Waals surface area contributed by atoms with Gasteiger partial charge in [-0.25, -0.2) is 17.8 Å². The number of nitrogens with one attached hydrogen (secondary N) is 3. The lowest BCUT2D eigenvalue weighted by atomic mass is 10.1. The third-order valence-electron chi connectivity index (χ3n) is 4.52. The first-order valence-electron chi connectivity index (χ1n) is 9.50. The fourth-order valence-corrected chi connectivity index (χ4v) is 4.39. The summed E-state index contributed by atoms with van der Waals surface area (Å²) in [6.07, 6.45) is 2.09. The highest BCUT2D eigenvalue weighted by Crippen LogP contribution is 2.19. The molecule has 0 aliphatic carbocycles. The number of rotatable bonds is 8. The van der Waals surface area contributed by atoms with Crippen molar-refractivity contribution in [2.75, 3.05) is 16.3 Å². The summed E-state index contributed by atoms with van der Waals surface area (Å²) in [7, 11) is -3.91. The quantitative estimate of drug-likeness (QED) is 0.339.